The van der Waals surface area contributed by atoms with Gasteiger partial charge in [0.25, 0.3) is 0 Å². The average Bonchev–Trinajstić information content (AvgIpc) is 2.82. The van der Waals surface area contributed by atoms with E-state index in [0.717, 1.165) is 36.5 Å². The van der Waals surface area contributed by atoms with Crippen LogP contribution in [-0.2, 0) is 30.7 Å². The minimum Gasteiger partial charge on any atom is -0.497 e. The molecule has 0 aliphatic carbocycles. The van der Waals surface area contributed by atoms with Crippen LogP contribution in [0.4, 0.5) is 5.82 Å². The molecule has 0 saturated carbocycles. The van der Waals surface area contributed by atoms with E-state index in [9.17, 15) is 4.79 Å². The number of hydrogen-bond acceptors (Lipinski definition) is 5. The highest BCUT2D eigenvalue weighted by Gasteiger charge is 2.17. The minimum absolute atomic E-state index is 0.0803. The zero-order valence-corrected chi connectivity index (χ0v) is 17.9. The molecule has 1 aromatic heterocycles. The lowest BCUT2D eigenvalue weighted by atomic mass is 10.00. The molecule has 6 heteroatoms. The van der Waals surface area contributed by atoms with E-state index in [4.69, 9.17) is 9.47 Å². The maximum Gasteiger partial charge on any atom is 0.224 e. The fourth-order valence-electron chi connectivity index (χ4n) is 3.86. The van der Waals surface area contributed by atoms with Gasteiger partial charge in [0.05, 0.1) is 20.6 Å². The number of methoxy groups -OCH3 is 2. The van der Waals surface area contributed by atoms with E-state index >= 15 is 0 Å². The zero-order valence-electron chi connectivity index (χ0n) is 17.9. The molecule has 3 aromatic rings. The summed E-state index contributed by atoms with van der Waals surface area (Å²) in [5, 5.41) is 2.96. The summed E-state index contributed by atoms with van der Waals surface area (Å²) in [5.41, 5.74) is 4.54. The van der Waals surface area contributed by atoms with E-state index in [1.807, 2.05) is 36.5 Å². The van der Waals surface area contributed by atoms with E-state index in [1.165, 1.54) is 11.1 Å². The number of amides is 1. The van der Waals surface area contributed by atoms with Gasteiger partial charge >= 0.3 is 0 Å². The number of pyridine rings is 1. The number of fused-ring (bicyclic) bond motifs is 1. The zero-order chi connectivity index (χ0) is 21.6. The number of rotatable bonds is 7. The minimum atomic E-state index is -0.0803. The van der Waals surface area contributed by atoms with Gasteiger partial charge in [0.15, 0.2) is 0 Å². The van der Waals surface area contributed by atoms with Crippen molar-refractivity contribution in [3.05, 3.63) is 83.0 Å². The van der Waals surface area contributed by atoms with Crippen LogP contribution < -0.4 is 19.7 Å². The van der Waals surface area contributed by atoms with Crippen LogP contribution in [0.5, 0.6) is 11.5 Å². The normalized spacial score (nSPS) is 12.8. The Morgan fingerprint density at radius 1 is 1.06 bits per heavy atom. The molecule has 0 atom stereocenters. The standard InChI is InChI=1S/C25H27N3O3/c1-30-22-8-9-23(31-2)21(13-22)14-25(29)27-16-18-7-10-24(26-15-18)28-12-11-19-5-3-4-6-20(19)17-28/h3-10,13,15H,11-12,14,16-17H2,1-2H3,(H,27,29). The van der Waals surface area contributed by atoms with Gasteiger partial charge in [0.1, 0.15) is 17.3 Å². The Balaban J connectivity index is 1.33. The van der Waals surface area contributed by atoms with Gasteiger partial charge in [-0.1, -0.05) is 30.3 Å². The van der Waals surface area contributed by atoms with Crippen molar-refractivity contribution in [2.45, 2.75) is 25.9 Å². The van der Waals surface area contributed by atoms with Crippen molar-refractivity contribution in [2.24, 2.45) is 0 Å². The summed E-state index contributed by atoms with van der Waals surface area (Å²) in [4.78, 5) is 19.4. The van der Waals surface area contributed by atoms with Gasteiger partial charge in [-0.25, -0.2) is 4.98 Å². The first-order valence-electron chi connectivity index (χ1n) is 10.4. The van der Waals surface area contributed by atoms with Crippen molar-refractivity contribution >= 4 is 11.7 Å². The van der Waals surface area contributed by atoms with E-state index < -0.39 is 0 Å². The Morgan fingerprint density at radius 2 is 1.90 bits per heavy atom. The van der Waals surface area contributed by atoms with Crippen LogP contribution in [0.1, 0.15) is 22.3 Å². The highest BCUT2D eigenvalue weighted by atomic mass is 16.5. The highest BCUT2D eigenvalue weighted by Crippen LogP contribution is 2.25. The number of carbonyl (C=O) groups excluding carboxylic acids is 1. The summed E-state index contributed by atoms with van der Waals surface area (Å²) in [6, 6.07) is 18.1. The Bertz CT molecular complexity index is 1050. The highest BCUT2D eigenvalue weighted by molar-refractivity contribution is 5.79. The maximum atomic E-state index is 12.4. The molecule has 0 spiro atoms. The van der Waals surface area contributed by atoms with E-state index in [0.29, 0.717) is 18.0 Å². The molecule has 0 bridgehead atoms. The number of nitrogens with one attached hydrogen (secondary N) is 1. The SMILES string of the molecule is COc1ccc(OC)c(CC(=O)NCc2ccc(N3CCc4ccccc4C3)nc2)c1. The molecule has 6 nitrogen and oxygen atoms in total. The molecular formula is C25H27N3O3. The number of anilines is 1. The van der Waals surface area contributed by atoms with Crippen LogP contribution in [0.2, 0.25) is 0 Å². The summed E-state index contributed by atoms with van der Waals surface area (Å²) >= 11 is 0. The molecule has 160 valence electrons. The largest absolute Gasteiger partial charge is 0.497 e. The van der Waals surface area contributed by atoms with Crippen LogP contribution >= 0.6 is 0 Å². The lowest BCUT2D eigenvalue weighted by molar-refractivity contribution is -0.120. The van der Waals surface area contributed by atoms with E-state index in [1.54, 1.807) is 14.2 Å². The third-order valence-electron chi connectivity index (χ3n) is 5.59. The van der Waals surface area contributed by atoms with Crippen LogP contribution in [0.25, 0.3) is 0 Å². The van der Waals surface area contributed by atoms with Crippen molar-refractivity contribution in [1.82, 2.24) is 10.3 Å². The number of benzene rings is 2. The molecule has 2 heterocycles. The second-order valence-corrected chi connectivity index (χ2v) is 7.60. The second-order valence-electron chi connectivity index (χ2n) is 7.60. The van der Waals surface area contributed by atoms with Gasteiger partial charge in [0, 0.05) is 31.4 Å². The van der Waals surface area contributed by atoms with Gasteiger partial charge in [-0.05, 0) is 47.4 Å². The first kappa shape index (κ1) is 20.7. The van der Waals surface area contributed by atoms with Crippen LogP contribution in [0, 0.1) is 0 Å². The van der Waals surface area contributed by atoms with Gasteiger partial charge in [-0.15, -0.1) is 0 Å². The van der Waals surface area contributed by atoms with Gasteiger partial charge in [-0.3, -0.25) is 4.79 Å². The lowest BCUT2D eigenvalue weighted by Gasteiger charge is -2.29. The number of nitrogens with zero attached hydrogens (tertiary/aromatic N) is 2. The number of hydrogen-bond donors (Lipinski definition) is 1. The van der Waals surface area contributed by atoms with Crippen LogP contribution in [0.3, 0.4) is 0 Å². The van der Waals surface area contributed by atoms with Gasteiger partial charge in [0.2, 0.25) is 5.91 Å². The van der Waals surface area contributed by atoms with Crippen molar-refractivity contribution in [3.8, 4) is 11.5 Å². The Kier molecular flexibility index (Phi) is 6.36. The summed E-state index contributed by atoms with van der Waals surface area (Å²) in [7, 11) is 3.20. The number of ether oxygens (including phenoxy) is 2. The molecule has 0 saturated heterocycles. The maximum absolute atomic E-state index is 12.4. The summed E-state index contributed by atoms with van der Waals surface area (Å²) in [5.74, 6) is 2.25. The fraction of sp³-hybridized carbons (Fsp3) is 0.280. The molecule has 1 aliphatic heterocycles. The monoisotopic (exact) mass is 417 g/mol. The first-order valence-corrected chi connectivity index (χ1v) is 10.4. The van der Waals surface area contributed by atoms with Crippen LogP contribution in [0.15, 0.2) is 60.8 Å². The Hall–Kier alpha value is -3.54. The molecule has 1 N–H and O–H groups in total. The first-order chi connectivity index (χ1) is 15.2. The van der Waals surface area contributed by atoms with Crippen molar-refractivity contribution < 1.29 is 14.3 Å². The predicted octanol–water partition coefficient (Wildman–Crippen LogP) is 3.52. The van der Waals surface area contributed by atoms with Crippen molar-refractivity contribution in [1.29, 1.82) is 0 Å². The Morgan fingerprint density at radius 3 is 2.65 bits per heavy atom. The van der Waals surface area contributed by atoms with Crippen molar-refractivity contribution in [3.63, 3.8) is 0 Å². The van der Waals surface area contributed by atoms with Crippen molar-refractivity contribution in [2.75, 3.05) is 25.7 Å². The van der Waals surface area contributed by atoms with Gasteiger partial charge in [-0.2, -0.15) is 0 Å². The molecule has 1 amide bonds. The Labute approximate surface area is 182 Å². The number of aromatic nitrogens is 1. The quantitative estimate of drug-likeness (QED) is 0.637. The van der Waals surface area contributed by atoms with Crippen LogP contribution in [-0.4, -0.2) is 31.7 Å². The molecule has 0 fully saturated rings. The third-order valence-corrected chi connectivity index (χ3v) is 5.59. The smallest absolute Gasteiger partial charge is 0.224 e. The number of carbonyl (C=O) groups is 1. The molecule has 2 aromatic carbocycles. The fourth-order valence-corrected chi connectivity index (χ4v) is 3.86. The molecule has 0 unspecified atom stereocenters. The lowest BCUT2D eigenvalue weighted by Crippen LogP contribution is -2.31. The van der Waals surface area contributed by atoms with E-state index in [2.05, 4.69) is 39.5 Å². The van der Waals surface area contributed by atoms with E-state index in [-0.39, 0.29) is 12.3 Å². The molecule has 31 heavy (non-hydrogen) atoms. The van der Waals surface area contributed by atoms with Gasteiger partial charge < -0.3 is 19.7 Å². The topological polar surface area (TPSA) is 63.7 Å². The average molecular weight is 418 g/mol. The summed E-state index contributed by atoms with van der Waals surface area (Å²) < 4.78 is 10.6. The molecule has 1 aliphatic rings. The third kappa shape index (κ3) is 4.97. The summed E-state index contributed by atoms with van der Waals surface area (Å²) in [6.07, 6.45) is 3.09. The molecule has 0 radical (unpaired) electrons. The second kappa shape index (κ2) is 9.51. The molecule has 4 rings (SSSR count). The predicted molar refractivity (Wildman–Crippen MR) is 121 cm³/mol. The molecular weight excluding hydrogens is 390 g/mol. The summed E-state index contributed by atoms with van der Waals surface area (Å²) in [6.45, 7) is 2.27.